The second-order valence-corrected chi connectivity index (χ2v) is 3.14. The molecule has 0 atom stereocenters. The average molecular weight is 247 g/mol. The summed E-state index contributed by atoms with van der Waals surface area (Å²) in [5.74, 6) is 0. The number of nitrogens with zero attached hydrogens (tertiary/aromatic N) is 6. The Labute approximate surface area is 94.1 Å². The Morgan fingerprint density at radius 2 is 1.80 bits per heavy atom. The molecule has 0 unspecified atom stereocenters. The number of halogens is 2. The number of ether oxygens (including phenoxy) is 1. The lowest BCUT2D eigenvalue weighted by Gasteiger charge is -1.98. The zero-order valence-electron chi connectivity index (χ0n) is 7.42. The van der Waals surface area contributed by atoms with Crippen LogP contribution < -0.4 is 4.74 Å². The Hall–Kier alpha value is -1.47. The van der Waals surface area contributed by atoms with Gasteiger partial charge in [-0.3, -0.25) is 4.68 Å². The first-order valence-electron chi connectivity index (χ1n) is 3.74. The van der Waals surface area contributed by atoms with E-state index in [0.717, 1.165) is 0 Å². The molecule has 0 aliphatic carbocycles. The van der Waals surface area contributed by atoms with Gasteiger partial charge in [-0.1, -0.05) is 0 Å². The second-order valence-electron chi connectivity index (χ2n) is 2.46. The van der Waals surface area contributed by atoms with Crippen molar-refractivity contribution in [3.8, 4) is 12.0 Å². The Morgan fingerprint density at radius 3 is 2.33 bits per heavy atom. The molecule has 2 rings (SSSR count). The predicted octanol–water partition coefficient (Wildman–Crippen LogP) is 1.10. The molecule has 0 saturated carbocycles. The van der Waals surface area contributed by atoms with Gasteiger partial charge in [0.15, 0.2) is 0 Å². The van der Waals surface area contributed by atoms with Gasteiger partial charge in [-0.15, -0.1) is 5.10 Å². The molecule has 0 fully saturated rings. The monoisotopic (exact) mass is 246 g/mol. The molecule has 9 heteroatoms. The minimum Gasteiger partial charge on any atom is -0.387 e. The first-order valence-corrected chi connectivity index (χ1v) is 4.49. The molecule has 15 heavy (non-hydrogen) atoms. The third-order valence-electron chi connectivity index (χ3n) is 1.32. The van der Waals surface area contributed by atoms with Crippen LogP contribution in [0.15, 0.2) is 6.33 Å². The van der Waals surface area contributed by atoms with Gasteiger partial charge in [0.2, 0.25) is 10.6 Å². The van der Waals surface area contributed by atoms with Gasteiger partial charge in [0.05, 0.1) is 0 Å². The third kappa shape index (κ3) is 2.51. The fraction of sp³-hybridized carbons (Fsp3) is 0.167. The van der Waals surface area contributed by atoms with Crippen LogP contribution in [0.4, 0.5) is 0 Å². The van der Waals surface area contributed by atoms with Gasteiger partial charge >= 0.3 is 12.0 Å². The molecule has 78 valence electrons. The average Bonchev–Trinajstić information content (AvgIpc) is 2.49. The van der Waals surface area contributed by atoms with Crippen molar-refractivity contribution in [1.82, 2.24) is 29.7 Å². The molecule has 0 amide bonds. The van der Waals surface area contributed by atoms with E-state index in [1.807, 2.05) is 0 Å². The minimum absolute atomic E-state index is 0.0498. The van der Waals surface area contributed by atoms with E-state index in [1.165, 1.54) is 11.0 Å². The molecule has 0 spiro atoms. The Morgan fingerprint density at radius 1 is 1.13 bits per heavy atom. The highest BCUT2D eigenvalue weighted by Crippen LogP contribution is 2.15. The van der Waals surface area contributed by atoms with Crippen LogP contribution in [0.1, 0.15) is 0 Å². The van der Waals surface area contributed by atoms with Crippen LogP contribution in [0.5, 0.6) is 12.0 Å². The largest absolute Gasteiger partial charge is 0.387 e. The van der Waals surface area contributed by atoms with Crippen LogP contribution in [-0.4, -0.2) is 29.7 Å². The first-order chi connectivity index (χ1) is 7.13. The summed E-state index contributed by atoms with van der Waals surface area (Å²) in [4.78, 5) is 14.7. The maximum atomic E-state index is 5.55. The fourth-order valence-corrected chi connectivity index (χ4v) is 1.15. The molecule has 0 aliphatic heterocycles. The van der Waals surface area contributed by atoms with Crippen molar-refractivity contribution in [3.05, 3.63) is 16.9 Å². The van der Waals surface area contributed by atoms with E-state index in [4.69, 9.17) is 27.9 Å². The quantitative estimate of drug-likeness (QED) is 0.790. The number of aryl methyl sites for hydroxylation is 1. The summed E-state index contributed by atoms with van der Waals surface area (Å²) in [6, 6.07) is 0.0574. The van der Waals surface area contributed by atoms with Gasteiger partial charge < -0.3 is 4.74 Å². The van der Waals surface area contributed by atoms with Crippen molar-refractivity contribution >= 4 is 23.2 Å². The predicted molar refractivity (Wildman–Crippen MR) is 50.9 cm³/mol. The van der Waals surface area contributed by atoms with Gasteiger partial charge in [0, 0.05) is 7.05 Å². The molecular formula is C6H4Cl2N6O. The highest BCUT2D eigenvalue weighted by molar-refractivity contribution is 6.31. The molecule has 0 aromatic carbocycles. The summed E-state index contributed by atoms with van der Waals surface area (Å²) in [5, 5.41) is 3.75. The smallest absolute Gasteiger partial charge is 0.343 e. The highest BCUT2D eigenvalue weighted by Gasteiger charge is 2.08. The van der Waals surface area contributed by atoms with Crippen LogP contribution in [0, 0.1) is 0 Å². The van der Waals surface area contributed by atoms with Crippen LogP contribution in [0.2, 0.25) is 10.6 Å². The van der Waals surface area contributed by atoms with E-state index in [0.29, 0.717) is 0 Å². The van der Waals surface area contributed by atoms with Gasteiger partial charge in [0.25, 0.3) is 0 Å². The molecule has 0 aliphatic rings. The van der Waals surface area contributed by atoms with E-state index < -0.39 is 0 Å². The van der Waals surface area contributed by atoms with Crippen molar-refractivity contribution in [1.29, 1.82) is 0 Å². The second kappa shape index (κ2) is 3.95. The number of hydrogen-bond donors (Lipinski definition) is 0. The zero-order valence-corrected chi connectivity index (χ0v) is 8.94. The molecule has 0 N–H and O–H groups in total. The third-order valence-corrected chi connectivity index (χ3v) is 1.66. The SMILES string of the molecule is Cn1cnc(Oc2nc(Cl)nc(Cl)n2)n1. The van der Waals surface area contributed by atoms with Crippen molar-refractivity contribution in [2.24, 2.45) is 7.05 Å². The molecule has 7 nitrogen and oxygen atoms in total. The van der Waals surface area contributed by atoms with Gasteiger partial charge in [-0.05, 0) is 23.2 Å². The molecule has 2 aromatic heterocycles. The lowest BCUT2D eigenvalue weighted by Crippen LogP contribution is -1.96. The van der Waals surface area contributed by atoms with E-state index in [-0.39, 0.29) is 22.6 Å². The topological polar surface area (TPSA) is 78.6 Å². The molecule has 0 radical (unpaired) electrons. The molecule has 2 aromatic rings. The Kier molecular flexibility index (Phi) is 2.65. The van der Waals surface area contributed by atoms with Gasteiger partial charge in [0.1, 0.15) is 6.33 Å². The summed E-state index contributed by atoms with van der Waals surface area (Å²) < 4.78 is 6.56. The summed E-state index contributed by atoms with van der Waals surface area (Å²) in [7, 11) is 1.70. The summed E-state index contributed by atoms with van der Waals surface area (Å²) in [6.45, 7) is 0. The van der Waals surface area contributed by atoms with Crippen LogP contribution >= 0.6 is 23.2 Å². The lowest BCUT2D eigenvalue weighted by molar-refractivity contribution is 0.403. The number of aromatic nitrogens is 6. The van der Waals surface area contributed by atoms with E-state index in [9.17, 15) is 0 Å². The highest BCUT2D eigenvalue weighted by atomic mass is 35.5. The maximum absolute atomic E-state index is 5.55. The molecule has 0 bridgehead atoms. The van der Waals surface area contributed by atoms with E-state index in [2.05, 4.69) is 25.0 Å². The Bertz CT molecular complexity index is 466. The van der Waals surface area contributed by atoms with E-state index >= 15 is 0 Å². The zero-order chi connectivity index (χ0) is 10.8. The van der Waals surface area contributed by atoms with Crippen molar-refractivity contribution in [3.63, 3.8) is 0 Å². The van der Waals surface area contributed by atoms with Crippen LogP contribution in [0.25, 0.3) is 0 Å². The maximum Gasteiger partial charge on any atom is 0.343 e. The molecule has 0 saturated heterocycles. The summed E-state index contributed by atoms with van der Waals surface area (Å²) >= 11 is 11.1. The van der Waals surface area contributed by atoms with E-state index in [1.54, 1.807) is 7.05 Å². The summed E-state index contributed by atoms with van der Waals surface area (Å²) in [6.07, 6.45) is 1.47. The fourth-order valence-electron chi connectivity index (χ4n) is 0.803. The standard InChI is InChI=1S/C6H4Cl2N6O/c1-14-2-9-5(13-14)15-6-11-3(7)10-4(8)12-6/h2H,1H3. The number of hydrogen-bond acceptors (Lipinski definition) is 6. The minimum atomic E-state index is -0.0547. The van der Waals surface area contributed by atoms with Gasteiger partial charge in [-0.25, -0.2) is 0 Å². The number of rotatable bonds is 2. The van der Waals surface area contributed by atoms with Crippen LogP contribution in [0.3, 0.4) is 0 Å². The molecule has 2 heterocycles. The molecular weight excluding hydrogens is 243 g/mol. The van der Waals surface area contributed by atoms with Crippen LogP contribution in [-0.2, 0) is 7.05 Å². The Balaban J connectivity index is 2.24. The normalized spacial score (nSPS) is 10.3. The van der Waals surface area contributed by atoms with Crippen molar-refractivity contribution in [2.45, 2.75) is 0 Å². The van der Waals surface area contributed by atoms with Crippen molar-refractivity contribution < 1.29 is 4.74 Å². The van der Waals surface area contributed by atoms with Crippen molar-refractivity contribution in [2.75, 3.05) is 0 Å². The lowest BCUT2D eigenvalue weighted by atomic mass is 11.0. The van der Waals surface area contributed by atoms with Gasteiger partial charge in [-0.2, -0.15) is 19.9 Å². The first kappa shape index (κ1) is 10.1. The summed E-state index contributed by atoms with van der Waals surface area (Å²) in [5.41, 5.74) is 0.